The van der Waals surface area contributed by atoms with Gasteiger partial charge in [0.15, 0.2) is 40.1 Å². The number of hydrogen-bond donors (Lipinski definition) is 1. The maximum absolute atomic E-state index is 14.2. The number of amides is 1. The first kappa shape index (κ1) is 53.6. The van der Waals surface area contributed by atoms with Crippen LogP contribution in [0, 0.1) is 44.8 Å². The molecule has 1 amide bonds. The third kappa shape index (κ3) is 15.1. The van der Waals surface area contributed by atoms with Crippen LogP contribution in [0.25, 0.3) is 53.2 Å². The van der Waals surface area contributed by atoms with Gasteiger partial charge in [0.2, 0.25) is 0 Å². The van der Waals surface area contributed by atoms with Crippen molar-refractivity contribution in [1.82, 2.24) is 15.0 Å². The Bertz CT molecular complexity index is 3250. The van der Waals surface area contributed by atoms with Gasteiger partial charge in [-0.25, -0.2) is 43.1 Å². The summed E-state index contributed by atoms with van der Waals surface area (Å²) in [7, 11) is 0. The van der Waals surface area contributed by atoms with Crippen LogP contribution in [0.4, 0.5) is 31.5 Å². The van der Waals surface area contributed by atoms with E-state index in [0.717, 1.165) is 63.1 Å². The van der Waals surface area contributed by atoms with E-state index in [4.69, 9.17) is 36.8 Å². The van der Waals surface area contributed by atoms with Crippen molar-refractivity contribution in [3.63, 3.8) is 0 Å². The Labute approximate surface area is 441 Å². The molecule has 8 aromatic rings. The third-order valence-corrected chi connectivity index (χ3v) is 14.5. The van der Waals surface area contributed by atoms with Crippen LogP contribution in [-0.4, -0.2) is 32.0 Å². The Morgan fingerprint density at radius 2 is 1.10 bits per heavy atom. The quantitative estimate of drug-likeness (QED) is 0.0826. The van der Waals surface area contributed by atoms with E-state index < -0.39 is 23.1 Å². The average molecular weight is 1230 g/mol. The zero-order valence-electron chi connectivity index (χ0n) is 35.5. The second kappa shape index (κ2) is 26.4. The summed E-state index contributed by atoms with van der Waals surface area (Å²) in [6.07, 6.45) is 0. The van der Waals surface area contributed by atoms with Crippen molar-refractivity contribution in [3.05, 3.63) is 206 Å². The minimum atomic E-state index is -1.21. The van der Waals surface area contributed by atoms with Crippen LogP contribution >= 0.6 is 97.7 Å². The second-order valence-corrected chi connectivity index (χ2v) is 20.4. The molecule has 344 valence electrons. The van der Waals surface area contributed by atoms with Crippen molar-refractivity contribution in [1.29, 1.82) is 0 Å². The summed E-state index contributed by atoms with van der Waals surface area (Å²) in [5, 5.41) is 5.75. The van der Waals surface area contributed by atoms with E-state index >= 15 is 0 Å². The molecule has 2 N–H and O–H groups in total. The molecule has 11 nitrogen and oxygen atoms in total. The van der Waals surface area contributed by atoms with Gasteiger partial charge in [0.1, 0.15) is 28.0 Å². The summed E-state index contributed by atoms with van der Waals surface area (Å²) in [5.74, 6) is -3.66. The van der Waals surface area contributed by atoms with E-state index in [1.165, 1.54) is 11.3 Å². The zero-order chi connectivity index (χ0) is 50.0. The number of benzene rings is 5. The predicted octanol–water partition coefficient (Wildman–Crippen LogP) is 16.6. The highest BCUT2D eigenvalue weighted by atomic mass is 79.9. The van der Waals surface area contributed by atoms with Crippen molar-refractivity contribution in [3.8, 4) is 39.5 Å². The number of aromatic nitrogens is 3. The van der Waals surface area contributed by atoms with Gasteiger partial charge in [0, 0.05) is 10.9 Å². The molecule has 0 saturated heterocycles. The minimum Gasteiger partial charge on any atom is -0.483 e. The number of thiazole rings is 3. The van der Waals surface area contributed by atoms with E-state index in [9.17, 15) is 18.4 Å². The highest BCUT2D eigenvalue weighted by Crippen LogP contribution is 2.36. The Morgan fingerprint density at radius 1 is 0.652 bits per heavy atom. The zero-order valence-corrected chi connectivity index (χ0v) is 44.3. The Balaban J connectivity index is 0.000000182. The molecule has 0 bridgehead atoms. The number of hydrogen-bond acceptors (Lipinski definition) is 9. The van der Waals surface area contributed by atoms with Crippen LogP contribution in [0.3, 0.4) is 0 Å². The van der Waals surface area contributed by atoms with Gasteiger partial charge in [-0.1, -0.05) is 129 Å². The van der Waals surface area contributed by atoms with Crippen molar-refractivity contribution in [2.45, 2.75) is 18.9 Å². The van der Waals surface area contributed by atoms with Crippen molar-refractivity contribution < 1.29 is 23.1 Å². The summed E-state index contributed by atoms with van der Waals surface area (Å²) in [6, 6.07) is 30.5. The normalized spacial score (nSPS) is 9.96. The molecule has 8 rings (SSSR count). The average Bonchev–Trinajstić information content (AvgIpc) is 4.11. The van der Waals surface area contributed by atoms with Gasteiger partial charge < -0.3 is 10.5 Å². The van der Waals surface area contributed by atoms with Gasteiger partial charge in [0.25, 0.3) is 5.91 Å². The van der Waals surface area contributed by atoms with Crippen LogP contribution < -0.4 is 10.5 Å². The first-order chi connectivity index (χ1) is 33.2. The molecule has 0 radical (unpaired) electrons. The van der Waals surface area contributed by atoms with Gasteiger partial charge in [-0.15, -0.1) is 34.0 Å². The fourth-order valence-electron chi connectivity index (χ4n) is 5.56. The molecule has 69 heavy (non-hydrogen) atoms. The van der Waals surface area contributed by atoms with Crippen LogP contribution in [0.5, 0.6) is 5.75 Å². The number of nitrogens with zero attached hydrogens (tertiary/aromatic N) is 7. The first-order valence-electron chi connectivity index (χ1n) is 19.4. The predicted molar refractivity (Wildman–Crippen MR) is 284 cm³/mol. The number of carbonyl (C=O) groups excluding carboxylic acids is 2. The lowest BCUT2D eigenvalue weighted by molar-refractivity contribution is 0.0988. The van der Waals surface area contributed by atoms with Gasteiger partial charge in [0.05, 0.1) is 66.6 Å². The lowest BCUT2D eigenvalue weighted by Crippen LogP contribution is -2.16. The number of aryl methyl sites for hydroxylation is 1. The summed E-state index contributed by atoms with van der Waals surface area (Å²) in [5.41, 5.74) is 12.7. The Morgan fingerprint density at radius 3 is 1.51 bits per heavy atom. The van der Waals surface area contributed by atoms with Crippen molar-refractivity contribution in [2.24, 2.45) is 5.73 Å². The summed E-state index contributed by atoms with van der Waals surface area (Å²) >= 11 is 17.9. The third-order valence-electron chi connectivity index (χ3n) is 8.92. The molecule has 0 aliphatic rings. The molecule has 0 atom stereocenters. The highest BCUT2D eigenvalue weighted by molar-refractivity contribution is 9.11. The Hall–Kier alpha value is -6.33. The molecular weight excluding hydrogens is 1200 g/mol. The molecule has 3 heterocycles. The van der Waals surface area contributed by atoms with E-state index in [2.05, 4.69) is 98.1 Å². The number of ether oxygens (including phenoxy) is 1. The first-order valence-corrected chi connectivity index (χ1v) is 25.8. The molecule has 5 aromatic carbocycles. The molecule has 0 fully saturated rings. The number of ketones is 1. The van der Waals surface area contributed by atoms with Crippen LogP contribution in [0.15, 0.2) is 122 Å². The summed E-state index contributed by atoms with van der Waals surface area (Å²) in [6.45, 7) is 29.3. The number of Topliss-reactive ketones (excluding diaryl/α,β-unsaturated/α-hetero) is 1. The number of carbonyl (C=O) groups is 2. The molecule has 0 aliphatic carbocycles. The molecule has 0 saturated carbocycles. The lowest BCUT2D eigenvalue weighted by atomic mass is 10.1. The maximum atomic E-state index is 14.2. The second-order valence-electron chi connectivity index (χ2n) is 13.4. The molecule has 0 spiro atoms. The number of primary amides is 1. The van der Waals surface area contributed by atoms with Crippen LogP contribution in [-0.2, 0) is 11.9 Å². The largest absolute Gasteiger partial charge is 0.483 e. The number of halogens is 6. The minimum absolute atomic E-state index is 0.0338. The van der Waals surface area contributed by atoms with Crippen molar-refractivity contribution >= 4 is 132 Å². The summed E-state index contributed by atoms with van der Waals surface area (Å²) < 4.78 is 34.8. The molecule has 20 heteroatoms. The SMILES string of the molecule is [C-]#[N+]c1ccc(-c2csc(C)n2)cc1.[C-]#[N+]c1ccc(-c2nc(CBr)sc2Br)cc1.[C-]#[N+]c1ccc(-c2nc(COc3ccc(F)c(C(N)=O)c3F)sc2Br)cc1.[C-]#[N+]c1ccc(C(=O)CBr)cc1. The summed E-state index contributed by atoms with van der Waals surface area (Å²) in [4.78, 5) is 48.8. The van der Waals surface area contributed by atoms with Gasteiger partial charge >= 0.3 is 0 Å². The standard InChI is InChI=1S/C18H10BrF2N3O2S.C11H6Br2N2S.C11H8N2S.C9H6BrNO/c1-23-10-4-2-9(3-5-10)16-17(19)27-13(24-16)8-26-12-7-6-11(20)14(15(12)21)18(22)25;1-14-8-4-2-7(3-5-8)10-11(13)16-9(6-12)15-10;1-8-13-11(7-14-8)9-3-5-10(12-2)6-4-9;1-11-8-4-2-7(3-5-8)9(12)6-10/h2-7H,8H2,(H2,22,25);2-5H,6H2;3-7H,1H3;2-5H,6H2. The smallest absolute Gasteiger partial charge is 0.254 e. The van der Waals surface area contributed by atoms with Crippen LogP contribution in [0.2, 0.25) is 0 Å². The number of alkyl halides is 2. The number of nitrogens with two attached hydrogens (primary N) is 1. The maximum Gasteiger partial charge on any atom is 0.254 e. The van der Waals surface area contributed by atoms with Crippen LogP contribution in [0.1, 0.15) is 35.7 Å². The van der Waals surface area contributed by atoms with Gasteiger partial charge in [-0.05, 0) is 67.6 Å². The van der Waals surface area contributed by atoms with Gasteiger partial charge in [-0.2, -0.15) is 0 Å². The molecule has 3 aromatic heterocycles. The van der Waals surface area contributed by atoms with E-state index in [-0.39, 0.29) is 18.1 Å². The fraction of sp³-hybridized carbons (Fsp3) is 0.0816. The molecule has 0 aliphatic heterocycles. The van der Waals surface area contributed by atoms with Gasteiger partial charge in [-0.3, -0.25) is 9.59 Å². The fourth-order valence-corrected chi connectivity index (χ4v) is 10.1. The van der Waals surface area contributed by atoms with E-state index in [0.29, 0.717) is 44.3 Å². The topological polar surface area (TPSA) is 126 Å². The Kier molecular flexibility index (Phi) is 20.5. The van der Waals surface area contributed by atoms with Crippen molar-refractivity contribution in [2.75, 3.05) is 5.33 Å². The number of rotatable bonds is 10. The molecular formula is C49H30Br4F2N8O3S3. The van der Waals surface area contributed by atoms with E-state index in [1.54, 1.807) is 71.2 Å². The highest BCUT2D eigenvalue weighted by Gasteiger charge is 2.20. The van der Waals surface area contributed by atoms with E-state index in [1.807, 2.05) is 60.8 Å². The molecule has 0 unspecified atom stereocenters. The monoisotopic (exact) mass is 1230 g/mol. The lowest BCUT2D eigenvalue weighted by Gasteiger charge is -2.08.